The van der Waals surface area contributed by atoms with Gasteiger partial charge in [-0.05, 0) is 51.0 Å². The Morgan fingerprint density at radius 3 is 2.41 bits per heavy atom. The fraction of sp³-hybridized carbons (Fsp3) is 0.444. The summed E-state index contributed by atoms with van der Waals surface area (Å²) in [6.07, 6.45) is 0. The molecule has 9 heteroatoms. The molecule has 0 saturated heterocycles. The zero-order valence-corrected chi connectivity index (χ0v) is 17.2. The van der Waals surface area contributed by atoms with Crippen LogP contribution in [0.25, 0.3) is 0 Å². The molecule has 2 aromatic rings. The van der Waals surface area contributed by atoms with E-state index < -0.39 is 10.0 Å². The van der Waals surface area contributed by atoms with Gasteiger partial charge in [-0.1, -0.05) is 0 Å². The lowest BCUT2D eigenvalue weighted by atomic mass is 10.1. The smallest absolute Gasteiger partial charge is 0.240 e. The molecule has 0 aliphatic heterocycles. The van der Waals surface area contributed by atoms with Gasteiger partial charge in [0.2, 0.25) is 16.0 Å². The van der Waals surface area contributed by atoms with Crippen molar-refractivity contribution in [2.75, 3.05) is 37.4 Å². The summed E-state index contributed by atoms with van der Waals surface area (Å²) in [6, 6.07) is 5.17. The number of anilines is 2. The second kappa shape index (κ2) is 9.01. The summed E-state index contributed by atoms with van der Waals surface area (Å²) in [5.74, 6) is 1.86. The molecule has 0 aliphatic carbocycles. The molecular weight excluding hydrogens is 366 g/mol. The number of rotatable bonds is 9. The number of sulfonamides is 1. The molecule has 0 aliphatic rings. The summed E-state index contributed by atoms with van der Waals surface area (Å²) < 4.78 is 33.0. The highest BCUT2D eigenvalue weighted by molar-refractivity contribution is 7.89. The van der Waals surface area contributed by atoms with E-state index >= 15 is 0 Å². The van der Waals surface area contributed by atoms with Gasteiger partial charge in [0, 0.05) is 31.4 Å². The van der Waals surface area contributed by atoms with E-state index in [-0.39, 0.29) is 11.4 Å². The lowest BCUT2D eigenvalue weighted by Crippen LogP contribution is -2.29. The molecular formula is C18H27N5O3S. The third-order valence-electron chi connectivity index (χ3n) is 3.89. The molecule has 0 bridgehead atoms. The number of aryl methyl sites for hydroxylation is 3. The molecule has 3 N–H and O–H groups in total. The number of benzene rings is 1. The van der Waals surface area contributed by atoms with Crippen molar-refractivity contribution in [2.24, 2.45) is 0 Å². The Morgan fingerprint density at radius 1 is 1.00 bits per heavy atom. The standard InChI is InChI=1S/C18H27N5O3S/c1-6-19-18-22-14(4)11-17(23-18)20-7-8-21-27(24,25)16-10-12(2)15(26-5)9-13(16)3/h9-11,21H,6-8H2,1-5H3,(H2,19,20,22,23). The number of nitrogens with zero attached hydrogens (tertiary/aromatic N) is 2. The van der Waals surface area contributed by atoms with E-state index in [1.807, 2.05) is 26.8 Å². The van der Waals surface area contributed by atoms with Gasteiger partial charge >= 0.3 is 0 Å². The quantitative estimate of drug-likeness (QED) is 0.561. The van der Waals surface area contributed by atoms with Crippen LogP contribution in [0.4, 0.5) is 11.8 Å². The van der Waals surface area contributed by atoms with Crippen LogP contribution < -0.4 is 20.1 Å². The van der Waals surface area contributed by atoms with Crippen molar-refractivity contribution in [2.45, 2.75) is 32.6 Å². The van der Waals surface area contributed by atoms with E-state index in [1.54, 1.807) is 26.2 Å². The van der Waals surface area contributed by atoms with Crippen molar-refractivity contribution in [1.82, 2.24) is 14.7 Å². The van der Waals surface area contributed by atoms with E-state index in [9.17, 15) is 8.42 Å². The van der Waals surface area contributed by atoms with Gasteiger partial charge in [-0.2, -0.15) is 4.98 Å². The Morgan fingerprint density at radius 2 is 1.74 bits per heavy atom. The van der Waals surface area contributed by atoms with Crippen LogP contribution >= 0.6 is 0 Å². The second-order valence-electron chi connectivity index (χ2n) is 6.16. The largest absolute Gasteiger partial charge is 0.496 e. The van der Waals surface area contributed by atoms with Crippen molar-refractivity contribution in [3.8, 4) is 5.75 Å². The molecule has 0 atom stereocenters. The summed E-state index contributed by atoms with van der Waals surface area (Å²) >= 11 is 0. The maximum atomic E-state index is 12.6. The maximum Gasteiger partial charge on any atom is 0.240 e. The predicted octanol–water partition coefficient (Wildman–Crippen LogP) is 2.23. The third-order valence-corrected chi connectivity index (χ3v) is 5.50. The Hall–Kier alpha value is -2.39. The Kier molecular flexibility index (Phi) is 6.98. The first-order chi connectivity index (χ1) is 12.8. The average molecular weight is 394 g/mol. The van der Waals surface area contributed by atoms with Crippen LogP contribution in [0.15, 0.2) is 23.1 Å². The predicted molar refractivity (Wildman–Crippen MR) is 107 cm³/mol. The molecule has 0 fully saturated rings. The van der Waals surface area contributed by atoms with Crippen LogP contribution in [0.2, 0.25) is 0 Å². The number of aromatic nitrogens is 2. The molecule has 0 unspecified atom stereocenters. The SMILES string of the molecule is CCNc1nc(C)cc(NCCNS(=O)(=O)c2cc(C)c(OC)cc2C)n1. The van der Waals surface area contributed by atoms with Gasteiger partial charge in [0.1, 0.15) is 11.6 Å². The van der Waals surface area contributed by atoms with Gasteiger partial charge in [-0.15, -0.1) is 0 Å². The highest BCUT2D eigenvalue weighted by Crippen LogP contribution is 2.25. The van der Waals surface area contributed by atoms with Gasteiger partial charge in [0.05, 0.1) is 12.0 Å². The van der Waals surface area contributed by atoms with Gasteiger partial charge < -0.3 is 15.4 Å². The first-order valence-corrected chi connectivity index (χ1v) is 10.2. The highest BCUT2D eigenvalue weighted by Gasteiger charge is 2.18. The molecule has 2 rings (SSSR count). The van der Waals surface area contributed by atoms with Crippen LogP contribution in [-0.4, -0.2) is 45.1 Å². The van der Waals surface area contributed by atoms with Crippen LogP contribution in [0, 0.1) is 20.8 Å². The lowest BCUT2D eigenvalue weighted by Gasteiger charge is -2.13. The number of ether oxygens (including phenoxy) is 1. The summed E-state index contributed by atoms with van der Waals surface area (Å²) in [4.78, 5) is 8.87. The summed E-state index contributed by atoms with van der Waals surface area (Å²) in [5.41, 5.74) is 2.24. The average Bonchev–Trinajstić information content (AvgIpc) is 2.60. The normalized spacial score (nSPS) is 11.3. The van der Waals surface area contributed by atoms with Crippen molar-refractivity contribution in [3.63, 3.8) is 0 Å². The molecule has 0 radical (unpaired) electrons. The minimum atomic E-state index is -3.61. The van der Waals surface area contributed by atoms with Crippen LogP contribution in [0.5, 0.6) is 5.75 Å². The lowest BCUT2D eigenvalue weighted by molar-refractivity contribution is 0.411. The topological polar surface area (TPSA) is 105 Å². The number of hydrogen-bond donors (Lipinski definition) is 3. The Labute approximate surface area is 160 Å². The molecule has 27 heavy (non-hydrogen) atoms. The molecule has 0 amide bonds. The number of hydrogen-bond acceptors (Lipinski definition) is 7. The summed E-state index contributed by atoms with van der Waals surface area (Å²) in [6.45, 7) is 8.77. The minimum absolute atomic E-state index is 0.229. The van der Waals surface area contributed by atoms with E-state index in [1.165, 1.54) is 0 Å². The summed E-state index contributed by atoms with van der Waals surface area (Å²) in [5, 5.41) is 6.18. The second-order valence-corrected chi connectivity index (χ2v) is 7.90. The fourth-order valence-corrected chi connectivity index (χ4v) is 3.96. The highest BCUT2D eigenvalue weighted by atomic mass is 32.2. The van der Waals surface area contributed by atoms with Crippen LogP contribution in [0.1, 0.15) is 23.7 Å². The van der Waals surface area contributed by atoms with Gasteiger partial charge in [-0.25, -0.2) is 18.1 Å². The molecule has 1 heterocycles. The van der Waals surface area contributed by atoms with E-state index in [0.717, 1.165) is 17.8 Å². The Balaban J connectivity index is 2.00. The van der Waals surface area contributed by atoms with Crippen LogP contribution in [0.3, 0.4) is 0 Å². The van der Waals surface area contributed by atoms with Crippen molar-refractivity contribution < 1.29 is 13.2 Å². The number of nitrogens with one attached hydrogen (secondary N) is 3. The van der Waals surface area contributed by atoms with Crippen LogP contribution in [-0.2, 0) is 10.0 Å². The van der Waals surface area contributed by atoms with Gasteiger partial charge in [0.15, 0.2) is 0 Å². The summed E-state index contributed by atoms with van der Waals surface area (Å²) in [7, 11) is -2.04. The molecule has 0 spiro atoms. The molecule has 8 nitrogen and oxygen atoms in total. The zero-order chi connectivity index (χ0) is 20.0. The molecule has 1 aromatic carbocycles. The zero-order valence-electron chi connectivity index (χ0n) is 16.4. The van der Waals surface area contributed by atoms with Crippen molar-refractivity contribution in [3.05, 3.63) is 35.0 Å². The monoisotopic (exact) mass is 393 g/mol. The van der Waals surface area contributed by atoms with E-state index in [4.69, 9.17) is 4.74 Å². The van der Waals surface area contributed by atoms with E-state index in [2.05, 4.69) is 25.3 Å². The Bertz CT molecular complexity index is 900. The van der Waals surface area contributed by atoms with Gasteiger partial charge in [-0.3, -0.25) is 0 Å². The maximum absolute atomic E-state index is 12.6. The molecule has 0 saturated carbocycles. The minimum Gasteiger partial charge on any atom is -0.496 e. The first-order valence-electron chi connectivity index (χ1n) is 8.75. The third kappa shape index (κ3) is 5.54. The molecule has 1 aromatic heterocycles. The number of methoxy groups -OCH3 is 1. The fourth-order valence-electron chi connectivity index (χ4n) is 2.62. The molecule has 148 valence electrons. The van der Waals surface area contributed by atoms with Crippen molar-refractivity contribution in [1.29, 1.82) is 0 Å². The van der Waals surface area contributed by atoms with Crippen molar-refractivity contribution >= 4 is 21.8 Å². The van der Waals surface area contributed by atoms with E-state index in [0.29, 0.717) is 29.6 Å². The van der Waals surface area contributed by atoms with Gasteiger partial charge in [0.25, 0.3) is 0 Å². The first kappa shape index (κ1) is 20.9.